The predicted molar refractivity (Wildman–Crippen MR) is 160 cm³/mol. The van der Waals surface area contributed by atoms with Crippen LogP contribution in [0, 0.1) is 34.5 Å². The number of hydrogen-bond acceptors (Lipinski definition) is 5. The monoisotopic (exact) mass is 576 g/mol. The summed E-state index contributed by atoms with van der Waals surface area (Å²) in [5, 5.41) is 30.1. The molecule has 226 valence electrons. The number of aliphatic hydroxyl groups excluding tert-OH is 1. The molecule has 3 unspecified atom stereocenters. The number of unbranched alkanes of at least 4 members (excludes halogenated alkanes) is 3. The van der Waals surface area contributed by atoms with Crippen LogP contribution in [0.5, 0.6) is 5.75 Å². The summed E-state index contributed by atoms with van der Waals surface area (Å²) in [5.41, 5.74) is 2.89. The zero-order chi connectivity index (χ0) is 29.9. The molecule has 7 heteroatoms. The second-order valence-electron chi connectivity index (χ2n) is 13.1. The fourth-order valence-corrected chi connectivity index (χ4v) is 8.48. The van der Waals surface area contributed by atoms with Gasteiger partial charge in [-0.1, -0.05) is 32.3 Å². The van der Waals surface area contributed by atoms with Crippen molar-refractivity contribution in [2.24, 2.45) is 23.2 Å². The largest absolute Gasteiger partial charge is 0.508 e. The predicted octanol–water partition coefficient (Wildman–Crippen LogP) is 6.39. The molecule has 6 nitrogen and oxygen atoms in total. The average Bonchev–Trinajstić information content (AvgIpc) is 3.28. The van der Waals surface area contributed by atoms with E-state index in [9.17, 15) is 15.0 Å². The van der Waals surface area contributed by atoms with Gasteiger partial charge in [-0.25, -0.2) is 4.39 Å². The minimum Gasteiger partial charge on any atom is -0.508 e. The number of nitrogens with zero attached hydrogens (tertiary/aromatic N) is 2. The Balaban J connectivity index is 1.20. The van der Waals surface area contributed by atoms with Gasteiger partial charge < -0.3 is 19.8 Å². The van der Waals surface area contributed by atoms with E-state index in [-0.39, 0.29) is 28.9 Å². The van der Waals surface area contributed by atoms with Crippen LogP contribution in [0.2, 0.25) is 0 Å². The Morgan fingerprint density at radius 1 is 1.12 bits per heavy atom. The fourth-order valence-electron chi connectivity index (χ4n) is 8.48. The van der Waals surface area contributed by atoms with E-state index in [0.29, 0.717) is 49.1 Å². The van der Waals surface area contributed by atoms with E-state index in [1.165, 1.54) is 0 Å². The first-order chi connectivity index (χ1) is 20.3. The van der Waals surface area contributed by atoms with Crippen molar-refractivity contribution in [1.82, 2.24) is 4.90 Å². The van der Waals surface area contributed by atoms with Crippen LogP contribution in [-0.4, -0.2) is 60.1 Å². The first-order valence-corrected chi connectivity index (χ1v) is 15.7. The number of aliphatic hydroxyl groups is 1. The normalized spacial score (nSPS) is 29.7. The maximum absolute atomic E-state index is 16.0. The number of rotatable bonds is 11. The summed E-state index contributed by atoms with van der Waals surface area (Å²) in [4.78, 5) is 15.0. The van der Waals surface area contributed by atoms with Crippen LogP contribution >= 0.6 is 0 Å². The van der Waals surface area contributed by atoms with Crippen molar-refractivity contribution in [3.05, 3.63) is 64.7 Å². The van der Waals surface area contributed by atoms with Gasteiger partial charge in [0, 0.05) is 31.7 Å². The highest BCUT2D eigenvalue weighted by Gasteiger charge is 2.59. The summed E-state index contributed by atoms with van der Waals surface area (Å²) < 4.78 is 21.2. The lowest BCUT2D eigenvalue weighted by atomic mass is 9.51. The van der Waals surface area contributed by atoms with Crippen LogP contribution in [0.1, 0.15) is 91.3 Å². The van der Waals surface area contributed by atoms with Gasteiger partial charge in [0.25, 0.3) is 5.91 Å². The van der Waals surface area contributed by atoms with Crippen molar-refractivity contribution in [2.45, 2.75) is 82.9 Å². The highest BCUT2D eigenvalue weighted by Crippen LogP contribution is 2.63. The zero-order valence-electron chi connectivity index (χ0n) is 25.0. The molecule has 0 radical (unpaired) electrons. The molecular weight excluding hydrogens is 531 g/mol. The number of ether oxygens (including phenoxy) is 1. The van der Waals surface area contributed by atoms with E-state index >= 15 is 4.39 Å². The molecule has 0 spiro atoms. The van der Waals surface area contributed by atoms with E-state index in [1.54, 1.807) is 37.4 Å². The molecule has 2 saturated carbocycles. The molecule has 2 aromatic rings. The molecule has 2 fully saturated rings. The molecule has 5 rings (SSSR count). The molecule has 0 bridgehead atoms. The third-order valence-corrected chi connectivity index (χ3v) is 10.6. The van der Waals surface area contributed by atoms with E-state index in [4.69, 9.17) is 10.00 Å². The van der Waals surface area contributed by atoms with Crippen LogP contribution in [0.15, 0.2) is 42.5 Å². The van der Waals surface area contributed by atoms with Gasteiger partial charge in [0.05, 0.1) is 24.3 Å². The third-order valence-electron chi connectivity index (χ3n) is 10.6. The number of methoxy groups -OCH3 is 1. The number of benzene rings is 2. The molecule has 3 aliphatic carbocycles. The van der Waals surface area contributed by atoms with E-state index in [2.05, 4.69) is 13.0 Å². The Kier molecular flexibility index (Phi) is 9.54. The number of nitriles is 1. The number of amides is 1. The number of carbonyl (C=O) groups is 1. The van der Waals surface area contributed by atoms with Gasteiger partial charge in [-0.05, 0) is 109 Å². The molecule has 0 aromatic heterocycles. The van der Waals surface area contributed by atoms with Crippen molar-refractivity contribution in [2.75, 3.05) is 26.8 Å². The van der Waals surface area contributed by atoms with Crippen molar-refractivity contribution >= 4 is 5.91 Å². The van der Waals surface area contributed by atoms with Gasteiger partial charge in [0.1, 0.15) is 11.9 Å². The smallest absolute Gasteiger partial charge is 0.253 e. The van der Waals surface area contributed by atoms with Crippen molar-refractivity contribution in [3.8, 4) is 11.8 Å². The lowest BCUT2D eigenvalue weighted by Crippen LogP contribution is -2.51. The molecule has 3 aliphatic rings. The number of alkyl halides is 1. The van der Waals surface area contributed by atoms with Crippen LogP contribution in [-0.2, 0) is 11.2 Å². The second kappa shape index (κ2) is 13.1. The highest BCUT2D eigenvalue weighted by molar-refractivity contribution is 5.94. The van der Waals surface area contributed by atoms with E-state index in [0.717, 1.165) is 62.5 Å². The summed E-state index contributed by atoms with van der Waals surface area (Å²) >= 11 is 0. The minimum atomic E-state index is -0.984. The van der Waals surface area contributed by atoms with Crippen LogP contribution < -0.4 is 0 Å². The van der Waals surface area contributed by atoms with Gasteiger partial charge in [0.2, 0.25) is 0 Å². The van der Waals surface area contributed by atoms with Crippen molar-refractivity contribution in [3.63, 3.8) is 0 Å². The third kappa shape index (κ3) is 6.07. The molecule has 0 heterocycles. The van der Waals surface area contributed by atoms with Gasteiger partial charge in [0.15, 0.2) is 0 Å². The number of phenols is 1. The Hall–Kier alpha value is -2.95. The molecule has 42 heavy (non-hydrogen) atoms. The fraction of sp³-hybridized carbons (Fsp3) is 0.600. The second-order valence-corrected chi connectivity index (χ2v) is 13.1. The first kappa shape index (κ1) is 30.5. The van der Waals surface area contributed by atoms with E-state index < -0.39 is 12.3 Å². The summed E-state index contributed by atoms with van der Waals surface area (Å²) in [6.45, 7) is 3.73. The van der Waals surface area contributed by atoms with E-state index in [1.807, 2.05) is 17.0 Å². The number of halogens is 1. The maximum Gasteiger partial charge on any atom is 0.253 e. The molecule has 1 amide bonds. The van der Waals surface area contributed by atoms with Crippen molar-refractivity contribution in [1.29, 1.82) is 5.26 Å². The minimum absolute atomic E-state index is 0.0495. The molecule has 2 N–H and O–H groups in total. The van der Waals surface area contributed by atoms with Gasteiger partial charge >= 0.3 is 0 Å². The number of fused-ring (bicyclic) bond motifs is 5. The van der Waals surface area contributed by atoms with Gasteiger partial charge in [-0.15, -0.1) is 0 Å². The standard InChI is InChI=1S/C35H45FN2O4/c1-35-21-30(36)33-28-13-12-27(39)20-26(28)19-25(32(33)29(35)14-15-31(35)40)7-5-3-4-6-16-38(17-18-42-2)34(41)24-10-8-23(22-37)9-11-24/h8-13,20,25,29-33,39-40H,3-7,14-19,21H2,1-2H3/t25-,29?,30+,31+,32?,33?,35+/m1/s1. The number of carbonyl (C=O) groups excluding carboxylic acids is 1. The molecular formula is C35H45FN2O4. The summed E-state index contributed by atoms with van der Waals surface area (Å²) in [7, 11) is 1.63. The van der Waals surface area contributed by atoms with Crippen LogP contribution in [0.4, 0.5) is 4.39 Å². The lowest BCUT2D eigenvalue weighted by molar-refractivity contribution is -0.0722. The van der Waals surface area contributed by atoms with Gasteiger partial charge in [-0.3, -0.25) is 4.79 Å². The molecule has 0 aliphatic heterocycles. The van der Waals surface area contributed by atoms with Crippen LogP contribution in [0.25, 0.3) is 0 Å². The lowest BCUT2D eigenvalue weighted by Gasteiger charge is -2.54. The maximum atomic E-state index is 16.0. The Morgan fingerprint density at radius 2 is 1.88 bits per heavy atom. The first-order valence-electron chi connectivity index (χ1n) is 15.7. The summed E-state index contributed by atoms with van der Waals surface area (Å²) in [5.74, 6) is 0.888. The highest BCUT2D eigenvalue weighted by atomic mass is 19.1. The Morgan fingerprint density at radius 3 is 2.62 bits per heavy atom. The quantitative estimate of drug-likeness (QED) is 0.302. The summed E-state index contributed by atoms with van der Waals surface area (Å²) in [6, 6.07) is 14.3. The Bertz CT molecular complexity index is 1280. The summed E-state index contributed by atoms with van der Waals surface area (Å²) in [6.07, 6.45) is 6.51. The van der Waals surface area contributed by atoms with Crippen LogP contribution in [0.3, 0.4) is 0 Å². The molecule has 7 atom stereocenters. The Labute approximate surface area is 249 Å². The molecule has 2 aromatic carbocycles. The topological polar surface area (TPSA) is 93.8 Å². The number of aromatic hydroxyl groups is 1. The van der Waals surface area contributed by atoms with Crippen molar-refractivity contribution < 1.29 is 24.1 Å². The average molecular weight is 577 g/mol. The zero-order valence-corrected chi connectivity index (χ0v) is 25.0. The SMILES string of the molecule is COCCN(CCCCCC[C@@H]1Cc2cc(O)ccc2C2C1C1CC[C@H](O)[C@@]1(C)C[C@@H]2F)C(=O)c1ccc(C#N)cc1. The number of hydrogen-bond donors (Lipinski definition) is 2. The molecule has 0 saturated heterocycles. The van der Waals surface area contributed by atoms with Gasteiger partial charge in [-0.2, -0.15) is 5.26 Å². The number of phenolic OH excluding ortho intramolecular Hbond substituents is 1.